The number of aromatic nitrogens is 3. The summed E-state index contributed by atoms with van der Waals surface area (Å²) in [4.78, 5) is 1.17. The molecule has 0 aliphatic carbocycles. The molecule has 2 aromatic heterocycles. The summed E-state index contributed by atoms with van der Waals surface area (Å²) in [5, 5.41) is 9.38. The zero-order valence-electron chi connectivity index (χ0n) is 11.4. The average Bonchev–Trinajstić information content (AvgIpc) is 3.00. The van der Waals surface area contributed by atoms with Crippen LogP contribution in [-0.4, -0.2) is 14.8 Å². The Hall–Kier alpha value is -1.72. The Labute approximate surface area is 126 Å². The Morgan fingerprint density at radius 2 is 1.95 bits per heavy atom. The van der Waals surface area contributed by atoms with Gasteiger partial charge in [-0.15, -0.1) is 11.3 Å². The van der Waals surface area contributed by atoms with E-state index in [0.717, 1.165) is 12.4 Å². The number of nitrogens with one attached hydrogen (secondary N) is 1. The summed E-state index contributed by atoms with van der Waals surface area (Å²) in [5.41, 5.74) is 3.72. The van der Waals surface area contributed by atoms with Crippen molar-refractivity contribution in [3.63, 3.8) is 0 Å². The molecule has 0 saturated carbocycles. The minimum Gasteiger partial charge on any atom is -0.295 e. The van der Waals surface area contributed by atoms with Gasteiger partial charge in [-0.2, -0.15) is 5.10 Å². The van der Waals surface area contributed by atoms with Gasteiger partial charge in [-0.25, -0.2) is 0 Å². The molecule has 3 aromatic rings. The number of thiophene rings is 1. The normalized spacial score (nSPS) is 10.9. The van der Waals surface area contributed by atoms with Crippen molar-refractivity contribution in [1.82, 2.24) is 14.8 Å². The van der Waals surface area contributed by atoms with Crippen molar-refractivity contribution < 1.29 is 0 Å². The van der Waals surface area contributed by atoms with E-state index < -0.39 is 0 Å². The van der Waals surface area contributed by atoms with E-state index in [4.69, 9.17) is 12.2 Å². The number of hydrogen-bond donors (Lipinski definition) is 1. The molecule has 0 spiro atoms. The van der Waals surface area contributed by atoms with Gasteiger partial charge >= 0.3 is 0 Å². The maximum atomic E-state index is 5.36. The molecule has 5 heteroatoms. The first-order chi connectivity index (χ1) is 9.65. The molecule has 0 aliphatic rings. The fourth-order valence-corrected chi connectivity index (χ4v) is 3.24. The molecule has 0 bridgehead atoms. The van der Waals surface area contributed by atoms with Crippen LogP contribution in [0, 0.1) is 18.6 Å². The number of benzene rings is 1. The molecule has 2 heterocycles. The number of aryl methyl sites for hydroxylation is 2. The Kier molecular flexibility index (Phi) is 3.54. The smallest absolute Gasteiger partial charge is 0.195 e. The van der Waals surface area contributed by atoms with E-state index in [2.05, 4.69) is 64.3 Å². The third-order valence-electron chi connectivity index (χ3n) is 3.28. The Balaban J connectivity index is 2.02. The first kappa shape index (κ1) is 13.3. The lowest BCUT2D eigenvalue weighted by atomic mass is 10.1. The van der Waals surface area contributed by atoms with Gasteiger partial charge in [0, 0.05) is 0 Å². The molecule has 0 saturated heterocycles. The van der Waals surface area contributed by atoms with Crippen molar-refractivity contribution in [2.45, 2.75) is 20.4 Å². The van der Waals surface area contributed by atoms with Crippen LogP contribution < -0.4 is 0 Å². The van der Waals surface area contributed by atoms with Crippen LogP contribution in [0.4, 0.5) is 0 Å². The van der Waals surface area contributed by atoms with Gasteiger partial charge in [0.05, 0.1) is 11.4 Å². The molecule has 0 amide bonds. The topological polar surface area (TPSA) is 33.6 Å². The van der Waals surface area contributed by atoms with Gasteiger partial charge in [-0.1, -0.05) is 29.8 Å². The second-order valence-electron chi connectivity index (χ2n) is 4.86. The summed E-state index contributed by atoms with van der Waals surface area (Å²) in [6, 6.07) is 10.6. The van der Waals surface area contributed by atoms with E-state index in [-0.39, 0.29) is 0 Å². The minimum absolute atomic E-state index is 0.661. The molecule has 0 unspecified atom stereocenters. The zero-order valence-corrected chi connectivity index (χ0v) is 13.0. The predicted molar refractivity (Wildman–Crippen MR) is 85.7 cm³/mol. The number of nitrogens with zero attached hydrogens (tertiary/aromatic N) is 2. The highest BCUT2D eigenvalue weighted by molar-refractivity contribution is 7.71. The summed E-state index contributed by atoms with van der Waals surface area (Å²) >= 11 is 7.06. The van der Waals surface area contributed by atoms with Crippen LogP contribution in [0.1, 0.15) is 16.7 Å². The highest BCUT2D eigenvalue weighted by atomic mass is 32.1. The van der Waals surface area contributed by atoms with Gasteiger partial charge in [0.25, 0.3) is 0 Å². The molecule has 1 aromatic carbocycles. The monoisotopic (exact) mass is 301 g/mol. The summed E-state index contributed by atoms with van der Waals surface area (Å²) in [6.07, 6.45) is 0. The number of aromatic amines is 1. The van der Waals surface area contributed by atoms with Crippen LogP contribution in [0.3, 0.4) is 0 Å². The van der Waals surface area contributed by atoms with Gasteiger partial charge in [0.15, 0.2) is 10.6 Å². The molecular weight excluding hydrogens is 286 g/mol. The van der Waals surface area contributed by atoms with Crippen molar-refractivity contribution in [1.29, 1.82) is 0 Å². The van der Waals surface area contributed by atoms with Crippen molar-refractivity contribution in [2.75, 3.05) is 0 Å². The fourth-order valence-electron chi connectivity index (χ4n) is 2.12. The van der Waals surface area contributed by atoms with Crippen LogP contribution in [0.2, 0.25) is 0 Å². The van der Waals surface area contributed by atoms with E-state index in [1.807, 2.05) is 0 Å². The predicted octanol–water partition coefficient (Wildman–Crippen LogP) is 4.33. The summed E-state index contributed by atoms with van der Waals surface area (Å²) < 4.78 is 2.71. The molecule has 3 nitrogen and oxygen atoms in total. The van der Waals surface area contributed by atoms with Gasteiger partial charge < -0.3 is 0 Å². The summed E-state index contributed by atoms with van der Waals surface area (Å²) in [7, 11) is 0. The molecule has 0 radical (unpaired) electrons. The highest BCUT2D eigenvalue weighted by Gasteiger charge is 2.12. The first-order valence-corrected chi connectivity index (χ1v) is 7.69. The van der Waals surface area contributed by atoms with Crippen LogP contribution in [0.15, 0.2) is 35.7 Å². The lowest BCUT2D eigenvalue weighted by Gasteiger charge is -2.07. The van der Waals surface area contributed by atoms with E-state index >= 15 is 0 Å². The van der Waals surface area contributed by atoms with Crippen LogP contribution in [0.5, 0.6) is 0 Å². The van der Waals surface area contributed by atoms with E-state index in [1.165, 1.54) is 21.6 Å². The second-order valence-corrected chi connectivity index (χ2v) is 6.16. The van der Waals surface area contributed by atoms with E-state index in [0.29, 0.717) is 4.77 Å². The number of H-pyrrole nitrogens is 1. The lowest BCUT2D eigenvalue weighted by Crippen LogP contribution is -2.02. The van der Waals surface area contributed by atoms with Crippen molar-refractivity contribution in [2.24, 2.45) is 0 Å². The van der Waals surface area contributed by atoms with Crippen molar-refractivity contribution in [3.05, 3.63) is 57.2 Å². The summed E-state index contributed by atoms with van der Waals surface area (Å²) in [5.74, 6) is 0.920. The Bertz CT molecular complexity index is 778. The first-order valence-electron chi connectivity index (χ1n) is 6.40. The van der Waals surface area contributed by atoms with Gasteiger partial charge in [0.2, 0.25) is 0 Å². The lowest BCUT2D eigenvalue weighted by molar-refractivity contribution is 0.791. The molecule has 20 heavy (non-hydrogen) atoms. The minimum atomic E-state index is 0.661. The molecule has 0 atom stereocenters. The van der Waals surface area contributed by atoms with E-state index in [1.54, 1.807) is 11.3 Å². The van der Waals surface area contributed by atoms with Crippen molar-refractivity contribution >= 4 is 23.6 Å². The molecule has 0 fully saturated rings. The zero-order chi connectivity index (χ0) is 14.1. The van der Waals surface area contributed by atoms with Gasteiger partial charge in [-0.3, -0.25) is 9.67 Å². The number of hydrogen-bond acceptors (Lipinski definition) is 3. The van der Waals surface area contributed by atoms with Gasteiger partial charge in [0.1, 0.15) is 0 Å². The molecule has 102 valence electrons. The van der Waals surface area contributed by atoms with Crippen LogP contribution in [0.25, 0.3) is 10.7 Å². The third-order valence-corrected chi connectivity index (χ3v) is 4.61. The molecule has 0 aliphatic heterocycles. The second kappa shape index (κ2) is 5.34. The Morgan fingerprint density at radius 1 is 1.20 bits per heavy atom. The maximum absolute atomic E-state index is 5.36. The number of rotatable bonds is 3. The van der Waals surface area contributed by atoms with E-state index in [9.17, 15) is 0 Å². The molecular formula is C15H15N3S2. The quantitative estimate of drug-likeness (QED) is 0.730. The highest BCUT2D eigenvalue weighted by Crippen LogP contribution is 2.27. The molecule has 3 rings (SSSR count). The van der Waals surface area contributed by atoms with Crippen LogP contribution >= 0.6 is 23.6 Å². The third kappa shape index (κ3) is 2.46. The Morgan fingerprint density at radius 3 is 2.60 bits per heavy atom. The van der Waals surface area contributed by atoms with Crippen LogP contribution in [-0.2, 0) is 6.54 Å². The average molecular weight is 301 g/mol. The largest absolute Gasteiger partial charge is 0.295 e. The maximum Gasteiger partial charge on any atom is 0.195 e. The summed E-state index contributed by atoms with van der Waals surface area (Å²) in [6.45, 7) is 4.93. The standard InChI is InChI=1S/C15H15N3S2/c1-10-3-5-12(6-4-10)9-18-14(16-17-15(18)19)13-11(2)7-8-20-13/h3-8H,9H2,1-2H3,(H,17,19). The van der Waals surface area contributed by atoms with Crippen molar-refractivity contribution in [3.8, 4) is 10.7 Å². The fraction of sp³-hybridized carbons (Fsp3) is 0.200. The van der Waals surface area contributed by atoms with Gasteiger partial charge in [-0.05, 0) is 48.6 Å². The molecule has 1 N–H and O–H groups in total. The SMILES string of the molecule is Cc1ccc(Cn2c(-c3sccc3C)n[nH]c2=S)cc1.